The Morgan fingerprint density at radius 3 is 2.76 bits per heavy atom. The molecule has 5 rings (SSSR count). The first-order chi connectivity index (χ1) is 14.0. The van der Waals surface area contributed by atoms with E-state index in [4.69, 9.17) is 10.00 Å². The van der Waals surface area contributed by atoms with Gasteiger partial charge in [-0.1, -0.05) is 13.8 Å². The first-order valence-electron chi connectivity index (χ1n) is 10.4. The molecule has 0 amide bonds. The number of nitrogens with zero attached hydrogens (tertiary/aromatic N) is 4. The standard InChI is InChI=1S/C21H26N6O2/c1-13-8-20(9-14(2)11-21(10-13,12-20)29-7-3-5-22)27-17-15-4-6-23-18(15)25-24-16(17)19(28)26-27/h4,6,13-14H,3,7-12H2,1-2H3,(H,23,25)(H,26,28)/t13-,14+,20?,21?. The van der Waals surface area contributed by atoms with E-state index < -0.39 is 0 Å². The topological polar surface area (TPSA) is 112 Å². The van der Waals surface area contributed by atoms with Crippen molar-refractivity contribution in [3.63, 3.8) is 0 Å². The van der Waals surface area contributed by atoms with Crippen LogP contribution in [-0.4, -0.2) is 37.2 Å². The van der Waals surface area contributed by atoms with E-state index in [9.17, 15) is 4.79 Å². The van der Waals surface area contributed by atoms with Crippen molar-refractivity contribution in [1.82, 2.24) is 25.0 Å². The molecule has 2 aliphatic carbocycles. The molecule has 3 aromatic rings. The van der Waals surface area contributed by atoms with Gasteiger partial charge in [-0.05, 0) is 43.6 Å². The molecule has 3 heterocycles. The Morgan fingerprint density at radius 1 is 1.28 bits per heavy atom. The summed E-state index contributed by atoms with van der Waals surface area (Å²) in [6.45, 7) is 4.99. The lowest BCUT2D eigenvalue weighted by molar-refractivity contribution is -0.153. The van der Waals surface area contributed by atoms with Gasteiger partial charge in [-0.3, -0.25) is 14.6 Å². The molecule has 2 fully saturated rings. The monoisotopic (exact) mass is 394 g/mol. The van der Waals surface area contributed by atoms with Gasteiger partial charge in [0, 0.05) is 18.0 Å². The van der Waals surface area contributed by atoms with Crippen LogP contribution in [0.25, 0.3) is 22.1 Å². The van der Waals surface area contributed by atoms with Crippen LogP contribution in [-0.2, 0) is 10.3 Å². The highest BCUT2D eigenvalue weighted by atomic mass is 16.5. The number of ether oxygens (including phenoxy) is 1. The van der Waals surface area contributed by atoms with E-state index in [0.29, 0.717) is 36.0 Å². The molecule has 2 aliphatic rings. The third-order valence-electron chi connectivity index (χ3n) is 6.75. The van der Waals surface area contributed by atoms with Crippen LogP contribution in [0.15, 0.2) is 17.1 Å². The lowest BCUT2D eigenvalue weighted by Crippen LogP contribution is -2.56. The third-order valence-corrected chi connectivity index (χ3v) is 6.75. The zero-order chi connectivity index (χ0) is 20.2. The summed E-state index contributed by atoms with van der Waals surface area (Å²) in [5.41, 5.74) is 1.21. The molecule has 8 heteroatoms. The van der Waals surface area contributed by atoms with E-state index in [-0.39, 0.29) is 16.7 Å². The van der Waals surface area contributed by atoms with Crippen LogP contribution in [0.1, 0.15) is 52.4 Å². The predicted octanol–water partition coefficient (Wildman–Crippen LogP) is 3.22. The average Bonchev–Trinajstić information content (AvgIpc) is 3.25. The SMILES string of the molecule is C[C@@H]1CC2(OCCC#N)C[C@H](C)CC(n3[nH]c(=O)c4nnc5[nH]ccc5c43)(C1)C2. The van der Waals surface area contributed by atoms with Crippen molar-refractivity contribution in [2.75, 3.05) is 6.61 Å². The smallest absolute Gasteiger partial charge is 0.292 e. The Bertz CT molecular complexity index is 1150. The highest BCUT2D eigenvalue weighted by molar-refractivity contribution is 6.00. The molecular weight excluding hydrogens is 368 g/mol. The minimum absolute atomic E-state index is 0.197. The van der Waals surface area contributed by atoms with E-state index in [2.05, 4.69) is 44.9 Å². The number of nitrogens with one attached hydrogen (secondary N) is 2. The summed E-state index contributed by atoms with van der Waals surface area (Å²) < 4.78 is 8.49. The van der Waals surface area contributed by atoms with Gasteiger partial charge in [-0.2, -0.15) is 5.26 Å². The summed E-state index contributed by atoms with van der Waals surface area (Å²) >= 11 is 0. The van der Waals surface area contributed by atoms with Gasteiger partial charge in [-0.25, -0.2) is 0 Å². The Labute approximate surface area is 168 Å². The molecule has 0 saturated heterocycles. The summed E-state index contributed by atoms with van der Waals surface area (Å²) in [5, 5.41) is 21.4. The molecule has 2 saturated carbocycles. The molecule has 2 unspecified atom stereocenters. The van der Waals surface area contributed by atoms with Crippen molar-refractivity contribution in [3.05, 3.63) is 22.6 Å². The number of hydrogen-bond acceptors (Lipinski definition) is 5. The second-order valence-electron chi connectivity index (χ2n) is 9.28. The molecule has 152 valence electrons. The number of hydrogen-bond donors (Lipinski definition) is 2. The first-order valence-corrected chi connectivity index (χ1v) is 10.4. The molecular formula is C21H26N6O2. The second-order valence-corrected chi connectivity index (χ2v) is 9.28. The van der Waals surface area contributed by atoms with Gasteiger partial charge in [0.25, 0.3) is 5.56 Å². The van der Waals surface area contributed by atoms with Gasteiger partial charge < -0.3 is 9.72 Å². The average molecular weight is 394 g/mol. The van der Waals surface area contributed by atoms with Crippen molar-refractivity contribution in [1.29, 1.82) is 5.26 Å². The molecule has 2 N–H and O–H groups in total. The molecule has 4 atom stereocenters. The Balaban J connectivity index is 1.69. The van der Waals surface area contributed by atoms with Crippen LogP contribution in [0.5, 0.6) is 0 Å². The van der Waals surface area contributed by atoms with Crippen molar-refractivity contribution < 1.29 is 4.74 Å². The molecule has 0 spiro atoms. The zero-order valence-corrected chi connectivity index (χ0v) is 16.9. The normalized spacial score (nSPS) is 31.9. The maximum atomic E-state index is 12.8. The number of rotatable bonds is 4. The zero-order valence-electron chi connectivity index (χ0n) is 16.9. The molecule has 0 radical (unpaired) electrons. The Kier molecular flexibility index (Phi) is 4.07. The fourth-order valence-electron chi connectivity index (χ4n) is 6.37. The summed E-state index contributed by atoms with van der Waals surface area (Å²) in [5.74, 6) is 0.909. The van der Waals surface area contributed by atoms with Crippen LogP contribution >= 0.6 is 0 Å². The van der Waals surface area contributed by atoms with E-state index in [1.54, 1.807) is 0 Å². The van der Waals surface area contributed by atoms with Gasteiger partial charge in [-0.15, -0.1) is 10.2 Å². The summed E-state index contributed by atoms with van der Waals surface area (Å²) in [7, 11) is 0. The van der Waals surface area contributed by atoms with Crippen LogP contribution in [0.2, 0.25) is 0 Å². The fourth-order valence-corrected chi connectivity index (χ4v) is 6.37. The van der Waals surface area contributed by atoms with Crippen molar-refractivity contribution in [2.45, 2.75) is 63.5 Å². The van der Waals surface area contributed by atoms with Crippen LogP contribution in [0, 0.1) is 23.2 Å². The van der Waals surface area contributed by atoms with E-state index in [1.807, 2.05) is 12.3 Å². The van der Waals surface area contributed by atoms with Gasteiger partial charge in [0.1, 0.15) is 5.52 Å². The van der Waals surface area contributed by atoms with Gasteiger partial charge in [0.05, 0.1) is 30.2 Å². The minimum Gasteiger partial charge on any atom is -0.374 e. The lowest BCUT2D eigenvalue weighted by atomic mass is 9.58. The summed E-state index contributed by atoms with van der Waals surface area (Å²) in [4.78, 5) is 15.9. The second kappa shape index (κ2) is 6.42. The van der Waals surface area contributed by atoms with Crippen LogP contribution in [0.3, 0.4) is 0 Å². The largest absolute Gasteiger partial charge is 0.374 e. The molecule has 29 heavy (non-hydrogen) atoms. The number of aromatic amines is 2. The highest BCUT2D eigenvalue weighted by Crippen LogP contribution is 2.55. The summed E-state index contributed by atoms with van der Waals surface area (Å²) in [6, 6.07) is 4.15. The quantitative estimate of drug-likeness (QED) is 0.660. The minimum atomic E-state index is -0.253. The van der Waals surface area contributed by atoms with Gasteiger partial charge in [0.2, 0.25) is 0 Å². The van der Waals surface area contributed by atoms with E-state index in [0.717, 1.165) is 43.0 Å². The van der Waals surface area contributed by atoms with Crippen molar-refractivity contribution in [2.24, 2.45) is 11.8 Å². The van der Waals surface area contributed by atoms with Crippen molar-refractivity contribution >= 4 is 22.1 Å². The predicted molar refractivity (Wildman–Crippen MR) is 108 cm³/mol. The van der Waals surface area contributed by atoms with Crippen LogP contribution in [0.4, 0.5) is 0 Å². The first kappa shape index (κ1) is 18.4. The summed E-state index contributed by atoms with van der Waals surface area (Å²) in [6.07, 6.45) is 7.03. The Hall–Kier alpha value is -2.66. The number of nitriles is 1. The number of fused-ring (bicyclic) bond motifs is 5. The molecule has 0 aliphatic heterocycles. The lowest BCUT2D eigenvalue weighted by Gasteiger charge is -2.56. The fraction of sp³-hybridized carbons (Fsp3) is 0.619. The van der Waals surface area contributed by atoms with Gasteiger partial charge in [0.15, 0.2) is 11.2 Å². The van der Waals surface area contributed by atoms with Crippen molar-refractivity contribution in [3.8, 4) is 6.07 Å². The van der Waals surface area contributed by atoms with Gasteiger partial charge >= 0.3 is 0 Å². The molecule has 8 nitrogen and oxygen atoms in total. The third kappa shape index (κ3) is 2.79. The van der Waals surface area contributed by atoms with E-state index in [1.165, 1.54) is 0 Å². The molecule has 2 bridgehead atoms. The molecule has 3 aromatic heterocycles. The maximum absolute atomic E-state index is 12.8. The number of H-pyrrole nitrogens is 2. The Morgan fingerprint density at radius 2 is 2.03 bits per heavy atom. The maximum Gasteiger partial charge on any atom is 0.292 e. The highest BCUT2D eigenvalue weighted by Gasteiger charge is 2.54. The van der Waals surface area contributed by atoms with Crippen LogP contribution < -0.4 is 5.56 Å². The van der Waals surface area contributed by atoms with E-state index >= 15 is 0 Å². The number of aromatic nitrogens is 5. The molecule has 0 aromatic carbocycles.